The quantitative estimate of drug-likeness (QED) is 0.491. The van der Waals surface area contributed by atoms with Gasteiger partial charge in [-0.25, -0.2) is 8.78 Å². The molecule has 2 unspecified atom stereocenters. The monoisotopic (exact) mass is 549 g/mol. The lowest BCUT2D eigenvalue weighted by molar-refractivity contribution is -0.135. The van der Waals surface area contributed by atoms with Gasteiger partial charge in [-0.2, -0.15) is 4.98 Å². The minimum Gasteiger partial charge on any atom is -0.342 e. The van der Waals surface area contributed by atoms with Crippen molar-refractivity contribution in [2.45, 2.75) is 128 Å². The van der Waals surface area contributed by atoms with Crippen LogP contribution in [-0.4, -0.2) is 70.7 Å². The molecule has 0 radical (unpaired) electrons. The molecule has 1 aromatic heterocycles. The van der Waals surface area contributed by atoms with E-state index in [4.69, 9.17) is 9.51 Å². The van der Waals surface area contributed by atoms with Crippen molar-refractivity contribution in [3.8, 4) is 0 Å². The minimum atomic E-state index is -2.61. The van der Waals surface area contributed by atoms with E-state index in [-0.39, 0.29) is 48.2 Å². The van der Waals surface area contributed by atoms with Gasteiger partial charge in [0.2, 0.25) is 11.8 Å². The van der Waals surface area contributed by atoms with Gasteiger partial charge in [0.15, 0.2) is 5.82 Å². The first kappa shape index (κ1) is 28.9. The van der Waals surface area contributed by atoms with E-state index >= 15 is 0 Å². The first-order valence-corrected chi connectivity index (χ1v) is 15.7. The van der Waals surface area contributed by atoms with E-state index in [9.17, 15) is 13.6 Å². The lowest BCUT2D eigenvalue weighted by atomic mass is 9.64. The third kappa shape index (κ3) is 6.83. The van der Waals surface area contributed by atoms with Crippen LogP contribution in [0.3, 0.4) is 0 Å². The number of aromatic nitrogens is 2. The van der Waals surface area contributed by atoms with Crippen LogP contribution < -0.4 is 5.32 Å². The smallest absolute Gasteiger partial charge is 0.261 e. The summed E-state index contributed by atoms with van der Waals surface area (Å²) < 4.78 is 34.3. The van der Waals surface area contributed by atoms with Crippen molar-refractivity contribution in [2.24, 2.45) is 11.3 Å². The van der Waals surface area contributed by atoms with Gasteiger partial charge in [-0.3, -0.25) is 9.69 Å². The van der Waals surface area contributed by atoms with Crippen molar-refractivity contribution in [3.05, 3.63) is 11.7 Å². The minimum absolute atomic E-state index is 0.0134. The summed E-state index contributed by atoms with van der Waals surface area (Å²) in [4.78, 5) is 21.4. The Balaban J connectivity index is 1.35. The Labute approximate surface area is 232 Å². The standard InChI is InChI=1S/C30H49F2N5O2/c1-22(2)28(38)36-16-11-23(12-17-36)26-34-27(39-35-26)24-19-25(37-18-15-30(31,32)21-37)33-20-29(24)13-9-7-5-3-4-6-8-10-14-29/h22-25,33H,3-21H2,1-2H3. The molecule has 0 aromatic carbocycles. The fraction of sp³-hybridized carbons (Fsp3) is 0.900. The summed E-state index contributed by atoms with van der Waals surface area (Å²) in [6.07, 6.45) is 14.6. The fourth-order valence-electron chi connectivity index (χ4n) is 7.61. The number of halogens is 2. The molecule has 1 saturated carbocycles. The van der Waals surface area contributed by atoms with Crippen molar-refractivity contribution in [1.82, 2.24) is 25.3 Å². The Morgan fingerprint density at radius 3 is 2.21 bits per heavy atom. The van der Waals surface area contributed by atoms with Gasteiger partial charge in [-0.05, 0) is 37.5 Å². The maximum Gasteiger partial charge on any atom is 0.261 e. The molecule has 220 valence electrons. The molecule has 1 N–H and O–H groups in total. The lowest BCUT2D eigenvalue weighted by Crippen LogP contribution is -2.56. The van der Waals surface area contributed by atoms with Crippen LogP contribution in [-0.2, 0) is 4.79 Å². The fourth-order valence-corrected chi connectivity index (χ4v) is 7.61. The van der Waals surface area contributed by atoms with Crippen LogP contribution in [0.1, 0.15) is 127 Å². The maximum absolute atomic E-state index is 14.1. The average Bonchev–Trinajstić information content (AvgIpc) is 3.55. The number of nitrogens with one attached hydrogen (secondary N) is 1. The third-order valence-corrected chi connectivity index (χ3v) is 10.0. The molecule has 1 spiro atoms. The highest BCUT2D eigenvalue weighted by Gasteiger charge is 2.50. The van der Waals surface area contributed by atoms with E-state index < -0.39 is 5.92 Å². The Bertz CT molecular complexity index is 934. The van der Waals surface area contributed by atoms with Crippen molar-refractivity contribution in [3.63, 3.8) is 0 Å². The lowest BCUT2D eigenvalue weighted by Gasteiger charge is -2.48. The van der Waals surface area contributed by atoms with Crippen LogP contribution in [0.15, 0.2) is 4.52 Å². The highest BCUT2D eigenvalue weighted by Crippen LogP contribution is 2.50. The Hall–Kier alpha value is -1.61. The van der Waals surface area contributed by atoms with Crippen LogP contribution in [0.4, 0.5) is 8.78 Å². The first-order valence-electron chi connectivity index (χ1n) is 15.7. The first-order chi connectivity index (χ1) is 18.8. The molecule has 1 aromatic rings. The molecule has 1 aliphatic carbocycles. The zero-order chi connectivity index (χ0) is 27.5. The second kappa shape index (κ2) is 12.5. The molecule has 3 saturated heterocycles. The predicted octanol–water partition coefficient (Wildman–Crippen LogP) is 6.08. The predicted molar refractivity (Wildman–Crippen MR) is 147 cm³/mol. The van der Waals surface area contributed by atoms with E-state index in [2.05, 4.69) is 10.5 Å². The summed E-state index contributed by atoms with van der Waals surface area (Å²) in [6.45, 7) is 6.43. The SMILES string of the molecule is CC(C)C(=O)N1CCC(c2noc(C3CC(N4CCC(F)(F)C4)NCC34CCCCCCCCCC4)n2)CC1. The molecule has 7 nitrogen and oxygen atoms in total. The van der Waals surface area contributed by atoms with E-state index in [0.29, 0.717) is 12.4 Å². The highest BCUT2D eigenvalue weighted by molar-refractivity contribution is 5.78. The average molecular weight is 550 g/mol. The molecule has 4 fully saturated rings. The molecular weight excluding hydrogens is 500 g/mol. The summed E-state index contributed by atoms with van der Waals surface area (Å²) in [5.41, 5.74) is 0.0138. The normalized spacial score (nSPS) is 29.5. The molecule has 0 bridgehead atoms. The van der Waals surface area contributed by atoms with Gasteiger partial charge >= 0.3 is 0 Å². The van der Waals surface area contributed by atoms with Crippen LogP contribution in [0, 0.1) is 11.3 Å². The summed E-state index contributed by atoms with van der Waals surface area (Å²) in [5.74, 6) is -0.651. The maximum atomic E-state index is 14.1. The van der Waals surface area contributed by atoms with Gasteiger partial charge < -0.3 is 14.7 Å². The second-order valence-corrected chi connectivity index (χ2v) is 13.2. The van der Waals surface area contributed by atoms with Gasteiger partial charge in [-0.1, -0.05) is 70.4 Å². The number of hydrogen-bond acceptors (Lipinski definition) is 6. The van der Waals surface area contributed by atoms with Gasteiger partial charge in [0, 0.05) is 50.4 Å². The summed E-state index contributed by atoms with van der Waals surface area (Å²) >= 11 is 0. The van der Waals surface area contributed by atoms with E-state index in [0.717, 1.165) is 57.6 Å². The largest absolute Gasteiger partial charge is 0.342 e. The molecule has 5 rings (SSSR count). The highest BCUT2D eigenvalue weighted by atomic mass is 19.3. The van der Waals surface area contributed by atoms with E-state index in [1.807, 2.05) is 23.6 Å². The topological polar surface area (TPSA) is 74.5 Å². The Morgan fingerprint density at radius 2 is 1.62 bits per heavy atom. The zero-order valence-electron chi connectivity index (χ0n) is 24.1. The molecule has 4 heterocycles. The molecule has 4 aliphatic rings. The Kier molecular flexibility index (Phi) is 9.26. The van der Waals surface area contributed by atoms with Gasteiger partial charge in [0.25, 0.3) is 5.92 Å². The molecule has 2 atom stereocenters. The van der Waals surface area contributed by atoms with Crippen molar-refractivity contribution in [2.75, 3.05) is 32.7 Å². The third-order valence-electron chi connectivity index (χ3n) is 10.0. The van der Waals surface area contributed by atoms with Crippen LogP contribution in [0.2, 0.25) is 0 Å². The van der Waals surface area contributed by atoms with Crippen molar-refractivity contribution < 1.29 is 18.1 Å². The number of nitrogens with zero attached hydrogens (tertiary/aromatic N) is 4. The number of amides is 1. The number of likely N-dealkylation sites (tertiary alicyclic amines) is 2. The molecule has 1 amide bonds. The number of alkyl halides is 2. The van der Waals surface area contributed by atoms with Gasteiger partial charge in [0.05, 0.1) is 12.7 Å². The second-order valence-electron chi connectivity index (χ2n) is 13.2. The van der Waals surface area contributed by atoms with Crippen LogP contribution >= 0.6 is 0 Å². The zero-order valence-corrected chi connectivity index (χ0v) is 24.1. The number of carbonyl (C=O) groups is 1. The van der Waals surface area contributed by atoms with Crippen LogP contribution in [0.5, 0.6) is 0 Å². The van der Waals surface area contributed by atoms with Crippen molar-refractivity contribution in [1.29, 1.82) is 0 Å². The number of hydrogen-bond donors (Lipinski definition) is 1. The molecule has 9 heteroatoms. The van der Waals surface area contributed by atoms with Gasteiger partial charge in [-0.15, -0.1) is 0 Å². The molecule has 3 aliphatic heterocycles. The number of rotatable bonds is 4. The molecule has 39 heavy (non-hydrogen) atoms. The summed E-state index contributed by atoms with van der Waals surface area (Å²) in [7, 11) is 0. The van der Waals surface area contributed by atoms with Crippen molar-refractivity contribution >= 4 is 5.91 Å². The Morgan fingerprint density at radius 1 is 0.974 bits per heavy atom. The summed E-state index contributed by atoms with van der Waals surface area (Å²) in [6, 6.07) is 0. The number of piperidine rings is 2. The van der Waals surface area contributed by atoms with E-state index in [1.165, 1.54) is 51.4 Å². The van der Waals surface area contributed by atoms with E-state index in [1.54, 1.807) is 0 Å². The van der Waals surface area contributed by atoms with Crippen LogP contribution in [0.25, 0.3) is 0 Å². The summed E-state index contributed by atoms with van der Waals surface area (Å²) in [5, 5.41) is 8.21. The molecular formula is C30H49F2N5O2. The number of carbonyl (C=O) groups excluding carboxylic acids is 1. The van der Waals surface area contributed by atoms with Gasteiger partial charge in [0.1, 0.15) is 0 Å².